The molecule has 0 aliphatic carbocycles. The third-order valence-corrected chi connectivity index (χ3v) is 3.15. The van der Waals surface area contributed by atoms with Crippen LogP contribution in [-0.4, -0.2) is 12.6 Å². The highest BCUT2D eigenvalue weighted by Gasteiger charge is 1.99. The van der Waals surface area contributed by atoms with Crippen LogP contribution in [0.5, 0.6) is 0 Å². The first-order valence-corrected chi connectivity index (χ1v) is 8.52. The van der Waals surface area contributed by atoms with E-state index in [1.807, 2.05) is 13.0 Å². The summed E-state index contributed by atoms with van der Waals surface area (Å²) >= 11 is 0. The fourth-order valence-electron chi connectivity index (χ4n) is 1.97. The molecule has 0 aliphatic rings. The van der Waals surface area contributed by atoms with Crippen LogP contribution in [0, 0.1) is 0 Å². The van der Waals surface area contributed by atoms with Gasteiger partial charge in [0.2, 0.25) is 0 Å². The molecule has 0 aromatic heterocycles. The second-order valence-electron chi connectivity index (χ2n) is 5.17. The summed E-state index contributed by atoms with van der Waals surface area (Å²) in [7, 11) is 0. The molecular formula is C20H32O2. The Labute approximate surface area is 136 Å². The highest BCUT2D eigenvalue weighted by Crippen LogP contribution is 2.07. The Kier molecular flexibility index (Phi) is 16.2. The Morgan fingerprint density at radius 3 is 2.09 bits per heavy atom. The minimum absolute atomic E-state index is 0.0616. The van der Waals surface area contributed by atoms with Crippen LogP contribution in [0.25, 0.3) is 0 Å². The van der Waals surface area contributed by atoms with Gasteiger partial charge in [0.05, 0.1) is 6.61 Å². The molecule has 0 unspecified atom stereocenters. The van der Waals surface area contributed by atoms with Crippen molar-refractivity contribution in [3.05, 3.63) is 49.1 Å². The highest BCUT2D eigenvalue weighted by molar-refractivity contribution is 5.69. The molecule has 0 fully saturated rings. The van der Waals surface area contributed by atoms with Crippen LogP contribution < -0.4 is 0 Å². The molecule has 0 aromatic carbocycles. The zero-order valence-electron chi connectivity index (χ0n) is 14.1. The Balaban J connectivity index is 3.32. The average molecular weight is 304 g/mol. The number of hydrogen-bond acceptors (Lipinski definition) is 2. The molecular weight excluding hydrogens is 272 g/mol. The van der Waals surface area contributed by atoms with Crippen LogP contribution in [0.2, 0.25) is 0 Å². The van der Waals surface area contributed by atoms with Gasteiger partial charge in [-0.2, -0.15) is 0 Å². The summed E-state index contributed by atoms with van der Waals surface area (Å²) in [5.74, 6) is -0.0616. The van der Waals surface area contributed by atoms with Crippen molar-refractivity contribution in [2.75, 3.05) is 6.61 Å². The zero-order chi connectivity index (χ0) is 16.3. The predicted molar refractivity (Wildman–Crippen MR) is 95.8 cm³/mol. The third-order valence-electron chi connectivity index (χ3n) is 3.15. The molecule has 0 amide bonds. The SMILES string of the molecule is C=CC/C=C/C/C=C/C/C=C/CCCCCCC(=O)OCC. The van der Waals surface area contributed by atoms with Gasteiger partial charge in [-0.25, -0.2) is 0 Å². The van der Waals surface area contributed by atoms with Gasteiger partial charge in [-0.05, 0) is 45.4 Å². The topological polar surface area (TPSA) is 26.3 Å². The van der Waals surface area contributed by atoms with Gasteiger partial charge in [-0.1, -0.05) is 55.4 Å². The smallest absolute Gasteiger partial charge is 0.305 e. The number of hydrogen-bond donors (Lipinski definition) is 0. The van der Waals surface area contributed by atoms with Crippen LogP contribution in [0.1, 0.15) is 64.7 Å². The van der Waals surface area contributed by atoms with Gasteiger partial charge in [0, 0.05) is 6.42 Å². The number of ether oxygens (including phenoxy) is 1. The van der Waals surface area contributed by atoms with E-state index >= 15 is 0 Å². The van der Waals surface area contributed by atoms with Crippen LogP contribution in [-0.2, 0) is 9.53 Å². The minimum Gasteiger partial charge on any atom is -0.466 e. The molecule has 0 atom stereocenters. The molecule has 2 heteroatoms. The average Bonchev–Trinajstić information content (AvgIpc) is 2.51. The van der Waals surface area contributed by atoms with E-state index in [2.05, 4.69) is 43.0 Å². The summed E-state index contributed by atoms with van der Waals surface area (Å²) in [5.41, 5.74) is 0. The summed E-state index contributed by atoms with van der Waals surface area (Å²) in [6, 6.07) is 0. The first kappa shape index (κ1) is 20.4. The van der Waals surface area contributed by atoms with Gasteiger partial charge in [-0.3, -0.25) is 4.79 Å². The normalized spacial score (nSPS) is 11.7. The second kappa shape index (κ2) is 17.5. The Hall–Kier alpha value is -1.57. The van der Waals surface area contributed by atoms with E-state index in [9.17, 15) is 4.79 Å². The van der Waals surface area contributed by atoms with Gasteiger partial charge in [0.1, 0.15) is 0 Å². The van der Waals surface area contributed by atoms with Crippen molar-refractivity contribution in [2.24, 2.45) is 0 Å². The highest BCUT2D eigenvalue weighted by atomic mass is 16.5. The number of unbranched alkanes of at least 4 members (excludes halogenated alkanes) is 4. The van der Waals surface area contributed by atoms with E-state index in [-0.39, 0.29) is 5.97 Å². The number of carbonyl (C=O) groups is 1. The van der Waals surface area contributed by atoms with Gasteiger partial charge in [-0.15, -0.1) is 6.58 Å². The van der Waals surface area contributed by atoms with Crippen molar-refractivity contribution in [1.29, 1.82) is 0 Å². The van der Waals surface area contributed by atoms with Crippen LogP contribution in [0.3, 0.4) is 0 Å². The van der Waals surface area contributed by atoms with E-state index in [1.54, 1.807) is 0 Å². The molecule has 0 heterocycles. The summed E-state index contributed by atoms with van der Waals surface area (Å²) in [5, 5.41) is 0. The minimum atomic E-state index is -0.0616. The summed E-state index contributed by atoms with van der Waals surface area (Å²) in [6.07, 6.45) is 24.2. The summed E-state index contributed by atoms with van der Waals surface area (Å²) in [6.45, 7) is 6.01. The van der Waals surface area contributed by atoms with Crippen LogP contribution in [0.15, 0.2) is 49.1 Å². The largest absolute Gasteiger partial charge is 0.466 e. The van der Waals surface area contributed by atoms with E-state index in [1.165, 1.54) is 12.8 Å². The number of carbonyl (C=O) groups excluding carboxylic acids is 1. The van der Waals surface area contributed by atoms with Crippen LogP contribution >= 0.6 is 0 Å². The molecule has 22 heavy (non-hydrogen) atoms. The maximum atomic E-state index is 11.1. The van der Waals surface area contributed by atoms with Crippen LogP contribution in [0.4, 0.5) is 0 Å². The predicted octanol–water partition coefficient (Wildman–Crippen LogP) is 5.92. The standard InChI is InChI=1S/C20H32O2/c1-3-5-6-7-8-9-10-11-12-13-14-15-16-17-18-19-20(21)22-4-2/h3,6-7,9-10,12-13H,1,4-5,8,11,14-19H2,2H3/b7-6+,10-9+,13-12+. The quantitative estimate of drug-likeness (QED) is 0.226. The Morgan fingerprint density at radius 1 is 0.864 bits per heavy atom. The molecule has 0 rings (SSSR count). The van der Waals surface area contributed by atoms with Crippen molar-refractivity contribution >= 4 is 5.97 Å². The van der Waals surface area contributed by atoms with E-state index in [0.29, 0.717) is 13.0 Å². The second-order valence-corrected chi connectivity index (χ2v) is 5.17. The number of rotatable bonds is 14. The summed E-state index contributed by atoms with van der Waals surface area (Å²) in [4.78, 5) is 11.1. The maximum absolute atomic E-state index is 11.1. The van der Waals surface area contributed by atoms with Crippen molar-refractivity contribution in [1.82, 2.24) is 0 Å². The molecule has 0 aromatic rings. The fraction of sp³-hybridized carbons (Fsp3) is 0.550. The Morgan fingerprint density at radius 2 is 1.45 bits per heavy atom. The molecule has 2 nitrogen and oxygen atoms in total. The monoisotopic (exact) mass is 304 g/mol. The van der Waals surface area contributed by atoms with Crippen molar-refractivity contribution in [2.45, 2.75) is 64.7 Å². The first-order valence-electron chi connectivity index (χ1n) is 8.52. The lowest BCUT2D eigenvalue weighted by Crippen LogP contribution is -2.02. The lowest BCUT2D eigenvalue weighted by Gasteiger charge is -2.01. The number of esters is 1. The molecule has 0 radical (unpaired) electrons. The lowest BCUT2D eigenvalue weighted by molar-refractivity contribution is -0.143. The zero-order valence-corrected chi connectivity index (χ0v) is 14.1. The van der Waals surface area contributed by atoms with Gasteiger partial charge >= 0.3 is 5.97 Å². The molecule has 0 N–H and O–H groups in total. The molecule has 0 aliphatic heterocycles. The van der Waals surface area contributed by atoms with E-state index in [4.69, 9.17) is 4.74 Å². The molecule has 0 saturated heterocycles. The molecule has 0 saturated carbocycles. The lowest BCUT2D eigenvalue weighted by atomic mass is 10.1. The molecule has 124 valence electrons. The maximum Gasteiger partial charge on any atom is 0.305 e. The van der Waals surface area contributed by atoms with Gasteiger partial charge < -0.3 is 4.74 Å². The first-order chi connectivity index (χ1) is 10.8. The van der Waals surface area contributed by atoms with Crippen molar-refractivity contribution in [3.8, 4) is 0 Å². The number of allylic oxidation sites excluding steroid dienone is 7. The molecule has 0 spiro atoms. The van der Waals surface area contributed by atoms with E-state index < -0.39 is 0 Å². The van der Waals surface area contributed by atoms with Crippen molar-refractivity contribution < 1.29 is 9.53 Å². The third kappa shape index (κ3) is 16.5. The Bertz CT molecular complexity index is 351. The summed E-state index contributed by atoms with van der Waals surface area (Å²) < 4.78 is 4.90. The van der Waals surface area contributed by atoms with Gasteiger partial charge in [0.25, 0.3) is 0 Å². The molecule has 0 bridgehead atoms. The van der Waals surface area contributed by atoms with Crippen molar-refractivity contribution in [3.63, 3.8) is 0 Å². The fourth-order valence-corrected chi connectivity index (χ4v) is 1.97. The van der Waals surface area contributed by atoms with E-state index in [0.717, 1.165) is 38.5 Å². The van der Waals surface area contributed by atoms with Gasteiger partial charge in [0.15, 0.2) is 0 Å².